The highest BCUT2D eigenvalue weighted by Crippen LogP contribution is 2.29. The molecule has 1 aromatic carbocycles. The predicted octanol–water partition coefficient (Wildman–Crippen LogP) is 2.47. The minimum Gasteiger partial charge on any atom is -0.506 e. The standard InChI is InChI=1S/C12H18ClNO2/c1-8(2)16-7-9-5-10(3-4-14)12(15)11(13)6-9/h5-6,8,15H,3-4,7,14H2,1-2H3. The van der Waals surface area contributed by atoms with E-state index in [2.05, 4.69) is 0 Å². The Kier molecular flexibility index (Phi) is 5.06. The fourth-order valence-corrected chi connectivity index (χ4v) is 1.67. The van der Waals surface area contributed by atoms with Crippen molar-refractivity contribution in [2.45, 2.75) is 33.0 Å². The number of halogens is 1. The van der Waals surface area contributed by atoms with Gasteiger partial charge in [-0.3, -0.25) is 0 Å². The van der Waals surface area contributed by atoms with Gasteiger partial charge in [0.1, 0.15) is 5.75 Å². The van der Waals surface area contributed by atoms with E-state index in [0.29, 0.717) is 24.6 Å². The number of nitrogens with two attached hydrogens (primary N) is 1. The van der Waals surface area contributed by atoms with Gasteiger partial charge >= 0.3 is 0 Å². The maximum atomic E-state index is 9.70. The van der Waals surface area contributed by atoms with Crippen molar-refractivity contribution >= 4 is 11.6 Å². The van der Waals surface area contributed by atoms with E-state index in [1.165, 1.54) is 0 Å². The summed E-state index contributed by atoms with van der Waals surface area (Å²) in [6.45, 7) is 4.93. The zero-order valence-electron chi connectivity index (χ0n) is 9.66. The molecule has 0 heterocycles. The van der Waals surface area contributed by atoms with Crippen LogP contribution in [0.2, 0.25) is 5.02 Å². The molecule has 3 nitrogen and oxygen atoms in total. The molecule has 16 heavy (non-hydrogen) atoms. The van der Waals surface area contributed by atoms with E-state index >= 15 is 0 Å². The summed E-state index contributed by atoms with van der Waals surface area (Å²) in [4.78, 5) is 0. The van der Waals surface area contributed by atoms with Crippen LogP contribution in [-0.4, -0.2) is 17.8 Å². The third-order valence-corrected chi connectivity index (χ3v) is 2.49. The average Bonchev–Trinajstić information content (AvgIpc) is 2.22. The van der Waals surface area contributed by atoms with Crippen molar-refractivity contribution in [1.29, 1.82) is 0 Å². The fraction of sp³-hybridized carbons (Fsp3) is 0.500. The molecule has 1 rings (SSSR count). The fourth-order valence-electron chi connectivity index (χ4n) is 1.41. The van der Waals surface area contributed by atoms with E-state index in [1.807, 2.05) is 19.9 Å². The molecule has 0 radical (unpaired) electrons. The Morgan fingerprint density at radius 3 is 2.69 bits per heavy atom. The molecular formula is C12H18ClNO2. The monoisotopic (exact) mass is 243 g/mol. The summed E-state index contributed by atoms with van der Waals surface area (Å²) in [5.41, 5.74) is 7.20. The van der Waals surface area contributed by atoms with Gasteiger partial charge in [0.2, 0.25) is 0 Å². The summed E-state index contributed by atoms with van der Waals surface area (Å²) in [7, 11) is 0. The summed E-state index contributed by atoms with van der Waals surface area (Å²) >= 11 is 5.92. The molecule has 0 saturated carbocycles. The SMILES string of the molecule is CC(C)OCc1cc(Cl)c(O)c(CCN)c1. The van der Waals surface area contributed by atoms with Gasteiger partial charge in [-0.2, -0.15) is 0 Å². The van der Waals surface area contributed by atoms with Crippen LogP contribution in [-0.2, 0) is 17.8 Å². The first kappa shape index (κ1) is 13.3. The summed E-state index contributed by atoms with van der Waals surface area (Å²) in [5.74, 6) is 0.125. The summed E-state index contributed by atoms with van der Waals surface area (Å²) in [5, 5.41) is 10.1. The number of hydrogen-bond acceptors (Lipinski definition) is 3. The Balaban J connectivity index is 2.86. The number of aromatic hydroxyl groups is 1. The van der Waals surface area contributed by atoms with E-state index in [0.717, 1.165) is 11.1 Å². The van der Waals surface area contributed by atoms with Crippen LogP contribution in [0.4, 0.5) is 0 Å². The first-order valence-electron chi connectivity index (χ1n) is 5.36. The van der Waals surface area contributed by atoms with Gasteiger partial charge in [-0.1, -0.05) is 11.6 Å². The second-order valence-corrected chi connectivity index (χ2v) is 4.39. The molecule has 0 spiro atoms. The molecule has 4 heteroatoms. The van der Waals surface area contributed by atoms with Crippen molar-refractivity contribution in [3.63, 3.8) is 0 Å². The highest BCUT2D eigenvalue weighted by Gasteiger charge is 2.08. The van der Waals surface area contributed by atoms with Crippen molar-refractivity contribution < 1.29 is 9.84 Å². The first-order valence-corrected chi connectivity index (χ1v) is 5.74. The highest BCUT2D eigenvalue weighted by atomic mass is 35.5. The van der Waals surface area contributed by atoms with Crippen LogP contribution < -0.4 is 5.73 Å². The molecule has 0 fully saturated rings. The first-order chi connectivity index (χ1) is 7.54. The van der Waals surface area contributed by atoms with Crippen molar-refractivity contribution in [2.24, 2.45) is 5.73 Å². The van der Waals surface area contributed by atoms with Gasteiger partial charge in [0.15, 0.2) is 0 Å². The Morgan fingerprint density at radius 1 is 1.44 bits per heavy atom. The highest BCUT2D eigenvalue weighted by molar-refractivity contribution is 6.32. The number of benzene rings is 1. The summed E-state index contributed by atoms with van der Waals surface area (Å²) in [6, 6.07) is 3.61. The second-order valence-electron chi connectivity index (χ2n) is 3.98. The van der Waals surface area contributed by atoms with Crippen molar-refractivity contribution in [2.75, 3.05) is 6.54 Å². The van der Waals surface area contributed by atoms with Crippen molar-refractivity contribution in [3.05, 3.63) is 28.3 Å². The number of phenolic OH excluding ortho intramolecular Hbond substituents is 1. The Bertz CT molecular complexity index is 353. The molecule has 0 saturated heterocycles. The van der Waals surface area contributed by atoms with Crippen molar-refractivity contribution in [1.82, 2.24) is 0 Å². The summed E-state index contributed by atoms with van der Waals surface area (Å²) < 4.78 is 5.48. The summed E-state index contributed by atoms with van der Waals surface area (Å²) in [6.07, 6.45) is 0.784. The molecule has 0 atom stereocenters. The quantitative estimate of drug-likeness (QED) is 0.835. The second kappa shape index (κ2) is 6.09. The van der Waals surface area contributed by atoms with Gasteiger partial charge in [-0.15, -0.1) is 0 Å². The topological polar surface area (TPSA) is 55.5 Å². The van der Waals surface area contributed by atoms with Crippen LogP contribution >= 0.6 is 11.6 Å². The van der Waals surface area contributed by atoms with Crippen LogP contribution in [0.3, 0.4) is 0 Å². The van der Waals surface area contributed by atoms with E-state index in [1.54, 1.807) is 6.07 Å². The molecule has 90 valence electrons. The maximum absolute atomic E-state index is 9.70. The third kappa shape index (κ3) is 3.67. The van der Waals surface area contributed by atoms with Gasteiger partial charge in [-0.05, 0) is 50.1 Å². The van der Waals surface area contributed by atoms with Crippen LogP contribution in [0.25, 0.3) is 0 Å². The van der Waals surface area contributed by atoms with E-state index in [-0.39, 0.29) is 11.9 Å². The van der Waals surface area contributed by atoms with Gasteiger partial charge in [-0.25, -0.2) is 0 Å². The molecule has 3 N–H and O–H groups in total. The van der Waals surface area contributed by atoms with Gasteiger partial charge in [0, 0.05) is 0 Å². The van der Waals surface area contributed by atoms with Crippen LogP contribution in [0, 0.1) is 0 Å². The van der Waals surface area contributed by atoms with E-state index < -0.39 is 0 Å². The Morgan fingerprint density at radius 2 is 2.12 bits per heavy atom. The number of ether oxygens (including phenoxy) is 1. The molecule has 0 aromatic heterocycles. The van der Waals surface area contributed by atoms with Gasteiger partial charge in [0.25, 0.3) is 0 Å². The molecule has 1 aromatic rings. The predicted molar refractivity (Wildman–Crippen MR) is 65.8 cm³/mol. The van der Waals surface area contributed by atoms with E-state index in [9.17, 15) is 5.11 Å². The largest absolute Gasteiger partial charge is 0.506 e. The minimum atomic E-state index is 0.125. The third-order valence-electron chi connectivity index (χ3n) is 2.20. The molecule has 0 aliphatic rings. The normalized spacial score (nSPS) is 11.1. The molecule has 0 amide bonds. The van der Waals surface area contributed by atoms with Crippen LogP contribution in [0.15, 0.2) is 12.1 Å². The van der Waals surface area contributed by atoms with Crippen LogP contribution in [0.1, 0.15) is 25.0 Å². The average molecular weight is 244 g/mol. The Labute approximate surface area is 101 Å². The lowest BCUT2D eigenvalue weighted by atomic mass is 10.1. The zero-order chi connectivity index (χ0) is 12.1. The molecular weight excluding hydrogens is 226 g/mol. The molecule has 0 unspecified atom stereocenters. The van der Waals surface area contributed by atoms with Crippen LogP contribution in [0.5, 0.6) is 5.75 Å². The number of phenols is 1. The zero-order valence-corrected chi connectivity index (χ0v) is 10.4. The van der Waals surface area contributed by atoms with Gasteiger partial charge < -0.3 is 15.6 Å². The minimum absolute atomic E-state index is 0.125. The lowest BCUT2D eigenvalue weighted by Gasteiger charge is -2.11. The lowest BCUT2D eigenvalue weighted by molar-refractivity contribution is 0.0656. The van der Waals surface area contributed by atoms with Crippen molar-refractivity contribution in [3.8, 4) is 5.75 Å². The van der Waals surface area contributed by atoms with Gasteiger partial charge in [0.05, 0.1) is 17.7 Å². The van der Waals surface area contributed by atoms with E-state index in [4.69, 9.17) is 22.1 Å². The molecule has 0 bridgehead atoms. The molecule has 0 aliphatic carbocycles. The Hall–Kier alpha value is -0.770. The number of rotatable bonds is 5. The smallest absolute Gasteiger partial charge is 0.137 e. The molecule has 0 aliphatic heterocycles. The maximum Gasteiger partial charge on any atom is 0.137 e. The lowest BCUT2D eigenvalue weighted by Crippen LogP contribution is -2.05. The number of hydrogen-bond donors (Lipinski definition) is 2.